The van der Waals surface area contributed by atoms with Crippen LogP contribution in [0.5, 0.6) is 0 Å². The molecule has 0 aliphatic rings. The number of benzene rings is 8. The van der Waals surface area contributed by atoms with Gasteiger partial charge in [-0.1, -0.05) is 140 Å². The quantitative estimate of drug-likeness (QED) is 0.171. The highest BCUT2D eigenvalue weighted by Gasteiger charge is 2.21. The maximum Gasteiger partial charge on any atom is 0.165 e. The minimum Gasteiger partial charge on any atom is -0.456 e. The molecule has 0 bridgehead atoms. The van der Waals surface area contributed by atoms with Gasteiger partial charge in [-0.15, -0.1) is 11.3 Å². The van der Waals surface area contributed by atoms with Gasteiger partial charge < -0.3 is 4.42 Å². The molecule has 262 valence electrons. The van der Waals surface area contributed by atoms with Gasteiger partial charge in [-0.25, -0.2) is 15.0 Å². The Hall–Kier alpha value is -7.21. The van der Waals surface area contributed by atoms with Crippen molar-refractivity contribution in [3.63, 3.8) is 0 Å². The second kappa shape index (κ2) is 13.3. The predicted octanol–water partition coefficient (Wildman–Crippen LogP) is 14.1. The summed E-state index contributed by atoms with van der Waals surface area (Å²) in [5.41, 5.74) is 11.1. The van der Waals surface area contributed by atoms with Gasteiger partial charge in [0.2, 0.25) is 0 Å². The van der Waals surface area contributed by atoms with E-state index in [4.69, 9.17) is 19.4 Å². The van der Waals surface area contributed by atoms with Gasteiger partial charge in [-0.2, -0.15) is 0 Å². The number of hydrogen-bond acceptors (Lipinski definition) is 5. The Balaban J connectivity index is 1.19. The van der Waals surface area contributed by atoms with Crippen molar-refractivity contribution in [2.24, 2.45) is 0 Å². The first kappa shape index (κ1) is 32.2. The van der Waals surface area contributed by atoms with Crippen molar-refractivity contribution in [1.29, 1.82) is 0 Å². The monoisotopic (exact) mass is 733 g/mol. The lowest BCUT2D eigenvalue weighted by Gasteiger charge is -2.13. The van der Waals surface area contributed by atoms with Crippen molar-refractivity contribution in [2.75, 3.05) is 0 Å². The molecule has 0 unspecified atom stereocenters. The van der Waals surface area contributed by atoms with E-state index in [1.54, 1.807) is 11.3 Å². The summed E-state index contributed by atoms with van der Waals surface area (Å²) in [6.07, 6.45) is 0. The molecular weight excluding hydrogens is 703 g/mol. The predicted molar refractivity (Wildman–Crippen MR) is 233 cm³/mol. The second-order valence-electron chi connectivity index (χ2n) is 14.0. The van der Waals surface area contributed by atoms with E-state index in [1.807, 2.05) is 30.3 Å². The van der Waals surface area contributed by atoms with Gasteiger partial charge in [0.05, 0.1) is 0 Å². The van der Waals surface area contributed by atoms with Crippen LogP contribution in [0.15, 0.2) is 192 Å². The van der Waals surface area contributed by atoms with Gasteiger partial charge in [0, 0.05) is 47.6 Å². The Morgan fingerprint density at radius 1 is 0.339 bits per heavy atom. The Bertz CT molecular complexity index is 3180. The molecule has 0 radical (unpaired) electrons. The fraction of sp³-hybridized carbons (Fsp3) is 0. The highest BCUT2D eigenvalue weighted by atomic mass is 32.1. The average molecular weight is 734 g/mol. The average Bonchev–Trinajstić information content (AvgIpc) is 3.85. The summed E-state index contributed by atoms with van der Waals surface area (Å²) in [4.78, 5) is 16.0. The SMILES string of the molecule is c1ccc(-c2cc(-c3ccccc3)cc(-c3nc(-c4cccc5c4sc4ccccc45)nc(-c4cccc5oc6ccc(-c7ccccc7)cc6c45)n3)c2)cc1. The summed E-state index contributed by atoms with van der Waals surface area (Å²) in [6, 6.07) is 65.7. The Morgan fingerprint density at radius 3 is 1.61 bits per heavy atom. The first-order chi connectivity index (χ1) is 27.7. The number of fused-ring (bicyclic) bond motifs is 6. The van der Waals surface area contributed by atoms with Crippen LogP contribution in [0.25, 0.3) is 110 Å². The van der Waals surface area contributed by atoms with Gasteiger partial charge in [-0.05, 0) is 81.9 Å². The zero-order valence-corrected chi connectivity index (χ0v) is 30.9. The lowest BCUT2D eigenvalue weighted by molar-refractivity contribution is 0.669. The van der Waals surface area contributed by atoms with Crippen molar-refractivity contribution in [3.8, 4) is 67.5 Å². The Morgan fingerprint density at radius 2 is 0.893 bits per heavy atom. The highest BCUT2D eigenvalue weighted by molar-refractivity contribution is 7.26. The number of nitrogens with zero attached hydrogens (tertiary/aromatic N) is 3. The zero-order valence-electron chi connectivity index (χ0n) is 30.1. The van der Waals surface area contributed by atoms with Gasteiger partial charge in [-0.3, -0.25) is 0 Å². The third kappa shape index (κ3) is 5.56. The lowest BCUT2D eigenvalue weighted by atomic mass is 9.95. The fourth-order valence-electron chi connectivity index (χ4n) is 7.84. The molecule has 0 N–H and O–H groups in total. The van der Waals surface area contributed by atoms with Crippen LogP contribution in [0, 0.1) is 0 Å². The number of furan rings is 1. The Kier molecular flexibility index (Phi) is 7.64. The number of aromatic nitrogens is 3. The van der Waals surface area contributed by atoms with E-state index in [0.717, 1.165) is 76.7 Å². The van der Waals surface area contributed by atoms with Crippen LogP contribution in [-0.2, 0) is 0 Å². The molecule has 3 heterocycles. The van der Waals surface area contributed by atoms with E-state index in [2.05, 4.69) is 158 Å². The van der Waals surface area contributed by atoms with Crippen LogP contribution in [0.3, 0.4) is 0 Å². The summed E-state index contributed by atoms with van der Waals surface area (Å²) < 4.78 is 8.87. The summed E-state index contributed by atoms with van der Waals surface area (Å²) in [5, 5.41) is 4.42. The molecule has 56 heavy (non-hydrogen) atoms. The van der Waals surface area contributed by atoms with E-state index in [9.17, 15) is 0 Å². The van der Waals surface area contributed by atoms with Gasteiger partial charge in [0.1, 0.15) is 11.2 Å². The molecule has 11 aromatic rings. The van der Waals surface area contributed by atoms with E-state index in [0.29, 0.717) is 17.5 Å². The number of thiophene rings is 1. The van der Waals surface area contributed by atoms with Gasteiger partial charge >= 0.3 is 0 Å². The molecule has 3 aromatic heterocycles. The molecule has 0 aliphatic heterocycles. The third-order valence-electron chi connectivity index (χ3n) is 10.5. The second-order valence-corrected chi connectivity index (χ2v) is 15.0. The largest absolute Gasteiger partial charge is 0.456 e. The first-order valence-electron chi connectivity index (χ1n) is 18.7. The van der Waals surface area contributed by atoms with Crippen molar-refractivity contribution >= 4 is 53.4 Å². The van der Waals surface area contributed by atoms with Crippen LogP contribution in [0.2, 0.25) is 0 Å². The molecule has 4 nitrogen and oxygen atoms in total. The molecule has 5 heteroatoms. The van der Waals surface area contributed by atoms with E-state index >= 15 is 0 Å². The van der Waals surface area contributed by atoms with Gasteiger partial charge in [0.15, 0.2) is 17.5 Å². The van der Waals surface area contributed by atoms with Crippen molar-refractivity contribution < 1.29 is 4.42 Å². The fourth-order valence-corrected chi connectivity index (χ4v) is 9.06. The normalized spacial score (nSPS) is 11.6. The molecule has 0 aliphatic carbocycles. The number of rotatable bonds is 6. The van der Waals surface area contributed by atoms with Gasteiger partial charge in [0.25, 0.3) is 0 Å². The summed E-state index contributed by atoms with van der Waals surface area (Å²) in [7, 11) is 0. The zero-order chi connectivity index (χ0) is 37.0. The van der Waals surface area contributed by atoms with Crippen LogP contribution < -0.4 is 0 Å². The summed E-state index contributed by atoms with van der Waals surface area (Å²) in [5.74, 6) is 1.82. The lowest BCUT2D eigenvalue weighted by Crippen LogP contribution is -2.01. The third-order valence-corrected chi connectivity index (χ3v) is 11.7. The van der Waals surface area contributed by atoms with E-state index in [-0.39, 0.29) is 0 Å². The number of hydrogen-bond donors (Lipinski definition) is 0. The summed E-state index contributed by atoms with van der Waals surface area (Å²) >= 11 is 1.78. The first-order valence-corrected chi connectivity index (χ1v) is 19.5. The topological polar surface area (TPSA) is 51.8 Å². The molecule has 0 saturated heterocycles. The molecule has 0 saturated carbocycles. The minimum atomic E-state index is 0.591. The minimum absolute atomic E-state index is 0.591. The van der Waals surface area contributed by atoms with Crippen LogP contribution in [-0.4, -0.2) is 15.0 Å². The van der Waals surface area contributed by atoms with Crippen LogP contribution in [0.4, 0.5) is 0 Å². The molecule has 8 aromatic carbocycles. The van der Waals surface area contributed by atoms with Crippen molar-refractivity contribution in [3.05, 3.63) is 188 Å². The van der Waals surface area contributed by atoms with E-state index < -0.39 is 0 Å². The maximum absolute atomic E-state index is 6.49. The van der Waals surface area contributed by atoms with Crippen molar-refractivity contribution in [2.45, 2.75) is 0 Å². The Labute approximate surface area is 327 Å². The molecule has 0 fully saturated rings. The van der Waals surface area contributed by atoms with Crippen LogP contribution in [0.1, 0.15) is 0 Å². The summed E-state index contributed by atoms with van der Waals surface area (Å²) in [6.45, 7) is 0. The molecule has 0 spiro atoms. The standard InChI is InChI=1S/C51H31N3OS/c1-4-14-32(15-5-1)35-26-27-44-43(31-35)47-41(22-13-24-45(47)55-44)50-52-49(53-51(54-50)42-23-12-21-40-39-20-10-11-25-46(39)56-48(40)42)38-29-36(33-16-6-2-7-17-33)28-37(30-38)34-18-8-3-9-19-34/h1-31H. The maximum atomic E-state index is 6.49. The molecule has 0 atom stereocenters. The van der Waals surface area contributed by atoms with Crippen molar-refractivity contribution in [1.82, 2.24) is 15.0 Å². The molecule has 11 rings (SSSR count). The van der Waals surface area contributed by atoms with Crippen LogP contribution >= 0.6 is 11.3 Å². The highest BCUT2D eigenvalue weighted by Crippen LogP contribution is 2.42. The van der Waals surface area contributed by atoms with E-state index in [1.165, 1.54) is 15.5 Å². The molecule has 0 amide bonds. The smallest absolute Gasteiger partial charge is 0.165 e. The molecular formula is C51H31N3OS.